The third-order valence-electron chi connectivity index (χ3n) is 3.42. The van der Waals surface area contributed by atoms with E-state index in [4.69, 9.17) is 5.73 Å². The van der Waals surface area contributed by atoms with Crippen molar-refractivity contribution in [3.8, 4) is 0 Å². The molecule has 1 aromatic heterocycles. The lowest BCUT2D eigenvalue weighted by Crippen LogP contribution is -2.15. The van der Waals surface area contributed by atoms with Gasteiger partial charge < -0.3 is 10.3 Å². The van der Waals surface area contributed by atoms with Crippen molar-refractivity contribution in [1.29, 1.82) is 0 Å². The zero-order chi connectivity index (χ0) is 14.7. The van der Waals surface area contributed by atoms with Crippen LogP contribution in [-0.4, -0.2) is 9.49 Å². The van der Waals surface area contributed by atoms with Crippen molar-refractivity contribution in [2.45, 2.75) is 26.4 Å². The van der Waals surface area contributed by atoms with Gasteiger partial charge in [0.15, 0.2) is 0 Å². The zero-order valence-corrected chi connectivity index (χ0v) is 11.7. The maximum atomic E-state index is 11.0. The highest BCUT2D eigenvalue weighted by Crippen LogP contribution is 2.22. The van der Waals surface area contributed by atoms with Gasteiger partial charge in [-0.25, -0.2) is 0 Å². The van der Waals surface area contributed by atoms with Gasteiger partial charge in [0.25, 0.3) is 5.69 Å². The van der Waals surface area contributed by atoms with Crippen LogP contribution in [0.3, 0.4) is 0 Å². The highest BCUT2D eigenvalue weighted by Gasteiger charge is 2.14. The molecule has 0 aliphatic carbocycles. The largest absolute Gasteiger partial charge is 0.349 e. The Kier molecular flexibility index (Phi) is 4.20. The van der Waals surface area contributed by atoms with Crippen LogP contribution in [0.4, 0.5) is 5.69 Å². The monoisotopic (exact) mass is 273 g/mol. The van der Waals surface area contributed by atoms with Gasteiger partial charge in [-0.05, 0) is 17.5 Å². The van der Waals surface area contributed by atoms with Crippen LogP contribution in [0.1, 0.15) is 31.0 Å². The van der Waals surface area contributed by atoms with E-state index in [0.29, 0.717) is 18.0 Å². The van der Waals surface area contributed by atoms with Gasteiger partial charge in [-0.3, -0.25) is 10.1 Å². The first-order valence-corrected chi connectivity index (χ1v) is 6.62. The second-order valence-electron chi connectivity index (χ2n) is 5.27. The van der Waals surface area contributed by atoms with Gasteiger partial charge in [0.1, 0.15) is 0 Å². The summed E-state index contributed by atoms with van der Waals surface area (Å²) in [5.74, 6) is 0.358. The molecule has 0 bridgehead atoms. The van der Waals surface area contributed by atoms with Gasteiger partial charge in [-0.2, -0.15) is 0 Å². The number of nitrogens with two attached hydrogens (primary N) is 1. The molecule has 0 radical (unpaired) electrons. The fourth-order valence-corrected chi connectivity index (χ4v) is 2.16. The van der Waals surface area contributed by atoms with Crippen LogP contribution in [0, 0.1) is 16.0 Å². The van der Waals surface area contributed by atoms with E-state index in [-0.39, 0.29) is 16.7 Å². The molecule has 1 aromatic carbocycles. The number of hydrogen-bond acceptors (Lipinski definition) is 3. The lowest BCUT2D eigenvalue weighted by atomic mass is 10.00. The normalized spacial score (nSPS) is 12.6. The smallest absolute Gasteiger partial charge is 0.274 e. The number of aromatic nitrogens is 1. The van der Waals surface area contributed by atoms with E-state index in [2.05, 4.69) is 13.8 Å². The molecule has 0 fully saturated rings. The number of benzene rings is 1. The summed E-state index contributed by atoms with van der Waals surface area (Å²) in [6, 6.07) is 8.76. The SMILES string of the molecule is CC(C)C(N)c1ccn(Cc2ccccc2[N+](=O)[O-])c1. The van der Waals surface area contributed by atoms with Crippen molar-refractivity contribution in [3.05, 3.63) is 64.0 Å². The third kappa shape index (κ3) is 3.05. The number of nitro benzene ring substituents is 1. The van der Waals surface area contributed by atoms with Crippen LogP contribution in [0.25, 0.3) is 0 Å². The molecule has 106 valence electrons. The van der Waals surface area contributed by atoms with Crippen LogP contribution >= 0.6 is 0 Å². The van der Waals surface area contributed by atoms with Crippen molar-refractivity contribution in [2.75, 3.05) is 0 Å². The van der Waals surface area contributed by atoms with E-state index in [1.807, 2.05) is 29.1 Å². The molecule has 5 nitrogen and oxygen atoms in total. The molecule has 5 heteroatoms. The van der Waals surface area contributed by atoms with Crippen LogP contribution in [0.15, 0.2) is 42.7 Å². The van der Waals surface area contributed by atoms with E-state index >= 15 is 0 Å². The molecule has 1 heterocycles. The summed E-state index contributed by atoms with van der Waals surface area (Å²) in [7, 11) is 0. The molecule has 1 atom stereocenters. The van der Waals surface area contributed by atoms with Crippen molar-refractivity contribution >= 4 is 5.69 Å². The molecular formula is C15H19N3O2. The second-order valence-corrected chi connectivity index (χ2v) is 5.27. The molecular weight excluding hydrogens is 254 g/mol. The van der Waals surface area contributed by atoms with Gasteiger partial charge in [0, 0.05) is 30.1 Å². The summed E-state index contributed by atoms with van der Waals surface area (Å²) in [6.07, 6.45) is 3.87. The minimum atomic E-state index is -0.348. The Morgan fingerprint density at radius 1 is 1.30 bits per heavy atom. The Morgan fingerprint density at radius 3 is 2.65 bits per heavy atom. The van der Waals surface area contributed by atoms with Gasteiger partial charge in [0.2, 0.25) is 0 Å². The van der Waals surface area contributed by atoms with E-state index in [1.165, 1.54) is 6.07 Å². The van der Waals surface area contributed by atoms with Crippen LogP contribution in [0.2, 0.25) is 0 Å². The lowest BCUT2D eigenvalue weighted by molar-refractivity contribution is -0.385. The van der Waals surface area contributed by atoms with Crippen molar-refractivity contribution < 1.29 is 4.92 Å². The first-order chi connectivity index (χ1) is 9.49. The number of nitrogens with zero attached hydrogens (tertiary/aromatic N) is 2. The Hall–Kier alpha value is -2.14. The van der Waals surface area contributed by atoms with Gasteiger partial charge in [0.05, 0.1) is 11.5 Å². The fourth-order valence-electron chi connectivity index (χ4n) is 2.16. The zero-order valence-electron chi connectivity index (χ0n) is 11.7. The van der Waals surface area contributed by atoms with Crippen molar-refractivity contribution in [2.24, 2.45) is 11.7 Å². The molecule has 1 unspecified atom stereocenters. The summed E-state index contributed by atoms with van der Waals surface area (Å²) in [4.78, 5) is 10.6. The first kappa shape index (κ1) is 14.3. The molecule has 0 spiro atoms. The standard InChI is InChI=1S/C15H19N3O2/c1-11(2)15(16)13-7-8-17(10-13)9-12-5-3-4-6-14(12)18(19)20/h3-8,10-11,15H,9,16H2,1-2H3. The van der Waals surface area contributed by atoms with Crippen molar-refractivity contribution in [3.63, 3.8) is 0 Å². The molecule has 0 aliphatic rings. The second kappa shape index (κ2) is 5.88. The fraction of sp³-hybridized carbons (Fsp3) is 0.333. The minimum Gasteiger partial charge on any atom is -0.349 e. The van der Waals surface area contributed by atoms with Crippen LogP contribution in [0.5, 0.6) is 0 Å². The highest BCUT2D eigenvalue weighted by molar-refractivity contribution is 5.40. The molecule has 2 aromatic rings. The van der Waals surface area contributed by atoms with Gasteiger partial charge in [-0.15, -0.1) is 0 Å². The maximum Gasteiger partial charge on any atom is 0.274 e. The Morgan fingerprint density at radius 2 is 2.00 bits per heavy atom. The van der Waals surface area contributed by atoms with E-state index in [9.17, 15) is 10.1 Å². The molecule has 2 rings (SSSR count). The van der Waals surface area contributed by atoms with Gasteiger partial charge >= 0.3 is 0 Å². The summed E-state index contributed by atoms with van der Waals surface area (Å²) < 4.78 is 1.93. The Bertz CT molecular complexity index is 605. The average Bonchev–Trinajstić information content (AvgIpc) is 2.86. The molecule has 0 amide bonds. The van der Waals surface area contributed by atoms with Crippen molar-refractivity contribution in [1.82, 2.24) is 4.57 Å². The predicted molar refractivity (Wildman–Crippen MR) is 78.4 cm³/mol. The van der Waals surface area contributed by atoms with E-state index in [1.54, 1.807) is 12.1 Å². The van der Waals surface area contributed by atoms with Crippen LogP contribution < -0.4 is 5.73 Å². The summed E-state index contributed by atoms with van der Waals surface area (Å²) in [5, 5.41) is 11.0. The molecule has 0 saturated heterocycles. The molecule has 0 aliphatic heterocycles. The van der Waals surface area contributed by atoms with Crippen LogP contribution in [-0.2, 0) is 6.54 Å². The number of para-hydroxylation sites is 1. The van der Waals surface area contributed by atoms with E-state index < -0.39 is 0 Å². The summed E-state index contributed by atoms with van der Waals surface area (Å²) in [6.45, 7) is 4.62. The first-order valence-electron chi connectivity index (χ1n) is 6.62. The molecule has 2 N–H and O–H groups in total. The van der Waals surface area contributed by atoms with E-state index in [0.717, 1.165) is 5.56 Å². The average molecular weight is 273 g/mol. The summed E-state index contributed by atoms with van der Waals surface area (Å²) >= 11 is 0. The maximum absolute atomic E-state index is 11.0. The molecule has 0 saturated carbocycles. The predicted octanol–water partition coefficient (Wildman–Crippen LogP) is 3.10. The minimum absolute atomic E-state index is 0.0120. The Balaban J connectivity index is 2.21. The van der Waals surface area contributed by atoms with Gasteiger partial charge in [-0.1, -0.05) is 32.0 Å². The highest BCUT2D eigenvalue weighted by atomic mass is 16.6. The number of nitro groups is 1. The lowest BCUT2D eigenvalue weighted by Gasteiger charge is -2.13. The third-order valence-corrected chi connectivity index (χ3v) is 3.42. The topological polar surface area (TPSA) is 74.1 Å². The Labute approximate surface area is 118 Å². The molecule has 20 heavy (non-hydrogen) atoms. The summed E-state index contributed by atoms with van der Waals surface area (Å²) in [5.41, 5.74) is 8.00. The number of hydrogen-bond donors (Lipinski definition) is 1. The quantitative estimate of drug-likeness (QED) is 0.672. The number of rotatable bonds is 5.